The Morgan fingerprint density at radius 2 is 1.00 bits per heavy atom. The molecule has 0 bridgehead atoms. The van der Waals surface area contributed by atoms with E-state index in [9.17, 15) is 0 Å². The summed E-state index contributed by atoms with van der Waals surface area (Å²) in [7, 11) is -3.55. The minimum Gasteiger partial charge on any atom is -0.408 e. The Morgan fingerprint density at radius 3 is 1.43 bits per heavy atom. The third-order valence-electron chi connectivity index (χ3n) is 9.69. The van der Waals surface area contributed by atoms with E-state index in [-0.39, 0.29) is 6.61 Å². The monoisotopic (exact) mass is 729 g/mol. The largest absolute Gasteiger partial charge is 0.408 e. The Morgan fingerprint density at radius 1 is 0.588 bits per heavy atom. The third-order valence-corrected chi connectivity index (χ3v) is 11.9. The highest BCUT2D eigenvalue weighted by atomic mass is 31.1. The summed E-state index contributed by atoms with van der Waals surface area (Å²) in [5.74, 6) is -0.822. The molecule has 2 aliphatic rings. The molecule has 1 N–H and O–H groups in total. The molecule has 0 unspecified atom stereocenters. The first-order valence-electron chi connectivity index (χ1n) is 17.4. The van der Waals surface area contributed by atoms with Crippen molar-refractivity contribution in [2.45, 2.75) is 99.6 Å². The molecule has 0 spiro atoms. The van der Waals surface area contributed by atoms with Gasteiger partial charge in [-0.15, -0.1) is 0 Å². The minimum atomic E-state index is -1.85. The average Bonchev–Trinajstić information content (AvgIpc) is 3.36. The Balaban J connectivity index is 1.21. The zero-order valence-corrected chi connectivity index (χ0v) is 32.6. The topological polar surface area (TPSA) is 102 Å². The number of aryl methyl sites for hydroxylation is 8. The van der Waals surface area contributed by atoms with Crippen LogP contribution in [0.25, 0.3) is 43.9 Å². The summed E-state index contributed by atoms with van der Waals surface area (Å²) in [6.07, 6.45) is -1.55. The van der Waals surface area contributed by atoms with E-state index >= 15 is 0 Å². The fraction of sp³-hybridized carbons (Fsp3) is 0.400. The van der Waals surface area contributed by atoms with Crippen LogP contribution in [0.3, 0.4) is 0 Å². The zero-order chi connectivity index (χ0) is 35.9. The smallest absolute Gasteiger partial charge is 0.387 e. The lowest BCUT2D eigenvalue weighted by Gasteiger charge is -2.25. The Hall–Kier alpha value is -3.52. The predicted molar refractivity (Wildman–Crippen MR) is 204 cm³/mol. The molecule has 2 aliphatic heterocycles. The highest BCUT2D eigenvalue weighted by Crippen LogP contribution is 2.44. The van der Waals surface area contributed by atoms with E-state index in [0.29, 0.717) is 0 Å². The maximum Gasteiger partial charge on any atom is 0.387 e. The molecule has 51 heavy (non-hydrogen) atoms. The van der Waals surface area contributed by atoms with E-state index in [1.807, 2.05) is 13.8 Å². The molecular formula is C40H45NO8P2. The molecule has 4 aromatic carbocycles. The second kappa shape index (κ2) is 12.9. The third kappa shape index (κ3) is 6.44. The average molecular weight is 730 g/mol. The quantitative estimate of drug-likeness (QED) is 0.186. The van der Waals surface area contributed by atoms with Crippen LogP contribution in [0.4, 0.5) is 0 Å². The van der Waals surface area contributed by atoms with Gasteiger partial charge in [0, 0.05) is 21.5 Å². The molecule has 11 heteroatoms. The van der Waals surface area contributed by atoms with Gasteiger partial charge in [-0.1, -0.05) is 24.3 Å². The van der Waals surface area contributed by atoms with Crippen molar-refractivity contribution < 1.29 is 35.5 Å². The first-order valence-corrected chi connectivity index (χ1v) is 19.7. The molecule has 4 heterocycles. The molecule has 2 fully saturated rings. The molecule has 0 radical (unpaired) electrons. The Labute approximate surface area is 299 Å². The van der Waals surface area contributed by atoms with Crippen molar-refractivity contribution >= 4 is 60.3 Å². The molecule has 9 nitrogen and oxygen atoms in total. The van der Waals surface area contributed by atoms with Crippen molar-refractivity contribution in [2.75, 3.05) is 11.7 Å². The molecule has 0 saturated carbocycles. The van der Waals surface area contributed by atoms with Crippen LogP contribution >= 0.6 is 16.4 Å². The normalized spacial score (nSPS) is 21.3. The highest BCUT2D eigenvalue weighted by molar-refractivity contribution is 7.38. The van der Waals surface area contributed by atoms with Gasteiger partial charge in [-0.2, -0.15) is 0 Å². The Bertz CT molecular complexity index is 2310. The highest BCUT2D eigenvalue weighted by Gasteiger charge is 2.55. The summed E-state index contributed by atoms with van der Waals surface area (Å²) in [5, 5.41) is 7.72. The molecule has 6 aromatic rings. The van der Waals surface area contributed by atoms with Gasteiger partial charge in [0.1, 0.15) is 34.5 Å². The summed E-state index contributed by atoms with van der Waals surface area (Å²) in [6, 6.07) is 16.7. The maximum atomic E-state index is 6.76. The molecular weight excluding hydrogens is 684 g/mol. The summed E-state index contributed by atoms with van der Waals surface area (Å²) in [4.78, 5) is 0. The number of fused-ring (bicyclic) bond motifs is 7. The van der Waals surface area contributed by atoms with Crippen LogP contribution in [0.2, 0.25) is 0 Å². The van der Waals surface area contributed by atoms with Gasteiger partial charge in [0.25, 0.3) is 0 Å². The van der Waals surface area contributed by atoms with Gasteiger partial charge in [-0.05, 0) is 138 Å². The summed E-state index contributed by atoms with van der Waals surface area (Å²) in [6.45, 7) is 20.6. The van der Waals surface area contributed by atoms with E-state index < -0.39 is 46.7 Å². The number of hydrogen-bond donors (Lipinski definition) is 1. The van der Waals surface area contributed by atoms with Gasteiger partial charge >= 0.3 is 16.4 Å². The number of hydrogen-bond acceptors (Lipinski definition) is 9. The fourth-order valence-electron chi connectivity index (χ4n) is 7.69. The summed E-state index contributed by atoms with van der Waals surface area (Å²) < 4.78 is 52.4. The van der Waals surface area contributed by atoms with E-state index in [4.69, 9.17) is 35.5 Å². The minimum absolute atomic E-state index is 0.150. The number of ether oxygens (including phenoxy) is 3. The van der Waals surface area contributed by atoms with Crippen molar-refractivity contribution in [3.8, 4) is 0 Å². The standard InChI is InChI=1S/C40H45NO8P2/c1-20-11-24(5)34-28(15-20)29-16-21(2)12-25(6)35(29)47-50(46-34)41-33-32(43-39-38(33)44-40(9,10)45-39)19-42-51-48-36-26(7)13-22(3)17-30(36)31-18-23(4)14-27(8)37(31)49-51/h11-18,32-33,38-39,41H,19H2,1-10H3/t32-,33+,38-,39-/m1/s1. The van der Waals surface area contributed by atoms with Crippen LogP contribution < -0.4 is 9.61 Å². The van der Waals surface area contributed by atoms with Crippen molar-refractivity contribution in [1.82, 2.24) is 0 Å². The van der Waals surface area contributed by atoms with E-state index in [2.05, 4.69) is 109 Å². The van der Waals surface area contributed by atoms with Crippen molar-refractivity contribution in [3.63, 3.8) is 0 Å². The SMILES string of the molecule is Cc1cc(C)c2op(N[C@@H]3[C@H]4OC(C)(C)O[C@H]4O[C@@H]3COp3oc4c(C)cc(C)cc4c4cc(C)cc(C)c4o3)oc3c(C)cc(C)cc3c2c1. The second-order valence-corrected chi connectivity index (χ2v) is 17.0. The van der Waals surface area contributed by atoms with Crippen molar-refractivity contribution in [3.05, 3.63) is 93.0 Å². The number of rotatable bonds is 5. The van der Waals surface area contributed by atoms with E-state index in [1.54, 1.807) is 0 Å². The van der Waals surface area contributed by atoms with Gasteiger partial charge in [0.05, 0.1) is 12.6 Å². The lowest BCUT2D eigenvalue weighted by Crippen LogP contribution is -2.42. The van der Waals surface area contributed by atoms with Crippen LogP contribution in [0, 0.1) is 55.4 Å². The van der Waals surface area contributed by atoms with Crippen LogP contribution in [0.15, 0.2) is 65.3 Å². The molecule has 8 rings (SSSR count). The van der Waals surface area contributed by atoms with Crippen molar-refractivity contribution in [1.29, 1.82) is 0 Å². The first kappa shape index (κ1) is 34.6. The van der Waals surface area contributed by atoms with Crippen LogP contribution in [0.1, 0.15) is 58.4 Å². The van der Waals surface area contributed by atoms with Gasteiger partial charge < -0.3 is 31.0 Å². The molecule has 2 saturated heterocycles. The molecule has 0 aliphatic carbocycles. The molecule has 0 amide bonds. The lowest BCUT2D eigenvalue weighted by atomic mass is 10.0. The van der Waals surface area contributed by atoms with E-state index in [1.165, 1.54) is 0 Å². The number of benzene rings is 4. The first-order chi connectivity index (χ1) is 24.2. The van der Waals surface area contributed by atoms with Crippen LogP contribution in [-0.4, -0.2) is 36.9 Å². The van der Waals surface area contributed by atoms with Gasteiger partial charge in [0.15, 0.2) is 12.1 Å². The fourth-order valence-corrected chi connectivity index (χ4v) is 10.4. The molecule has 4 atom stereocenters. The maximum absolute atomic E-state index is 6.76. The molecule has 2 aromatic heterocycles. The van der Waals surface area contributed by atoms with Crippen LogP contribution in [0.5, 0.6) is 0 Å². The summed E-state index contributed by atoms with van der Waals surface area (Å²) >= 11 is 0. The lowest BCUT2D eigenvalue weighted by molar-refractivity contribution is -0.207. The zero-order valence-electron chi connectivity index (χ0n) is 30.8. The number of nitrogens with one attached hydrogen (secondary N) is 1. The van der Waals surface area contributed by atoms with Gasteiger partial charge in [-0.25, -0.2) is 5.09 Å². The van der Waals surface area contributed by atoms with E-state index in [0.717, 1.165) is 88.4 Å². The molecule has 268 valence electrons. The Kier molecular flexibility index (Phi) is 8.71. The van der Waals surface area contributed by atoms with Crippen molar-refractivity contribution in [2.24, 2.45) is 0 Å². The van der Waals surface area contributed by atoms with Crippen LogP contribution in [-0.2, 0) is 14.2 Å². The predicted octanol–water partition coefficient (Wildman–Crippen LogP) is 11.3. The summed E-state index contributed by atoms with van der Waals surface area (Å²) in [5.41, 5.74) is 11.9. The second-order valence-electron chi connectivity index (χ2n) is 14.8. The van der Waals surface area contributed by atoms with Gasteiger partial charge in [0.2, 0.25) is 0 Å². The van der Waals surface area contributed by atoms with Gasteiger partial charge in [-0.3, -0.25) is 4.52 Å².